The SMILES string of the molecule is CCCCNC(=O)c1cc(NC[C@@H]2CCCCN2C)ccn1. The van der Waals surface area contributed by atoms with Crippen LogP contribution in [0.15, 0.2) is 18.3 Å². The summed E-state index contributed by atoms with van der Waals surface area (Å²) in [6.07, 6.45) is 7.60. The molecule has 1 amide bonds. The number of aromatic nitrogens is 1. The standard InChI is InChI=1S/C17H28N4O/c1-3-4-9-19-17(22)16-12-14(8-10-18-16)20-13-15-7-5-6-11-21(15)2/h8,10,12,15H,3-7,9,11,13H2,1-2H3,(H,18,20)(H,19,22)/t15-/m0/s1. The van der Waals surface area contributed by atoms with Gasteiger partial charge in [-0.1, -0.05) is 19.8 Å². The third-order valence-electron chi connectivity index (χ3n) is 4.27. The van der Waals surface area contributed by atoms with Crippen molar-refractivity contribution in [1.29, 1.82) is 0 Å². The summed E-state index contributed by atoms with van der Waals surface area (Å²) in [4.78, 5) is 18.6. The minimum atomic E-state index is -0.0908. The summed E-state index contributed by atoms with van der Waals surface area (Å²) in [6, 6.07) is 4.33. The number of hydrogen-bond acceptors (Lipinski definition) is 4. The average molecular weight is 304 g/mol. The molecule has 1 aromatic heterocycles. The van der Waals surface area contributed by atoms with Gasteiger partial charge in [-0.3, -0.25) is 9.78 Å². The van der Waals surface area contributed by atoms with E-state index in [0.29, 0.717) is 18.3 Å². The van der Waals surface area contributed by atoms with Crippen molar-refractivity contribution < 1.29 is 4.79 Å². The van der Waals surface area contributed by atoms with Crippen molar-refractivity contribution in [2.45, 2.75) is 45.1 Å². The molecule has 2 heterocycles. The van der Waals surface area contributed by atoms with E-state index < -0.39 is 0 Å². The van der Waals surface area contributed by atoms with Gasteiger partial charge < -0.3 is 15.5 Å². The van der Waals surface area contributed by atoms with Gasteiger partial charge in [0, 0.05) is 31.0 Å². The Morgan fingerprint density at radius 1 is 1.45 bits per heavy atom. The number of amides is 1. The Labute approximate surface area is 133 Å². The Balaban J connectivity index is 1.86. The number of anilines is 1. The number of unbranched alkanes of at least 4 members (excludes halogenated alkanes) is 1. The quantitative estimate of drug-likeness (QED) is 0.760. The highest BCUT2D eigenvalue weighted by molar-refractivity contribution is 5.93. The molecule has 0 bridgehead atoms. The number of piperidine rings is 1. The highest BCUT2D eigenvalue weighted by Gasteiger charge is 2.18. The fourth-order valence-corrected chi connectivity index (χ4v) is 2.77. The van der Waals surface area contributed by atoms with Crippen LogP contribution in [-0.2, 0) is 0 Å². The van der Waals surface area contributed by atoms with Crippen LogP contribution in [0, 0.1) is 0 Å². The maximum atomic E-state index is 12.0. The molecule has 2 rings (SSSR count). The fourth-order valence-electron chi connectivity index (χ4n) is 2.77. The third-order valence-corrected chi connectivity index (χ3v) is 4.27. The Bertz CT molecular complexity index is 477. The molecule has 1 aliphatic heterocycles. The minimum Gasteiger partial charge on any atom is -0.383 e. The van der Waals surface area contributed by atoms with Crippen molar-refractivity contribution in [1.82, 2.24) is 15.2 Å². The average Bonchev–Trinajstić information content (AvgIpc) is 2.54. The summed E-state index contributed by atoms with van der Waals surface area (Å²) in [6.45, 7) is 4.91. The molecular weight excluding hydrogens is 276 g/mol. The Morgan fingerprint density at radius 2 is 2.32 bits per heavy atom. The number of likely N-dealkylation sites (N-methyl/N-ethyl adjacent to an activating group) is 1. The monoisotopic (exact) mass is 304 g/mol. The second-order valence-electron chi connectivity index (χ2n) is 6.05. The van der Waals surface area contributed by atoms with Crippen LogP contribution in [-0.4, -0.2) is 48.5 Å². The molecule has 1 aromatic rings. The van der Waals surface area contributed by atoms with Gasteiger partial charge in [-0.15, -0.1) is 0 Å². The number of nitrogens with zero attached hydrogens (tertiary/aromatic N) is 2. The van der Waals surface area contributed by atoms with E-state index in [1.807, 2.05) is 12.1 Å². The first-order valence-corrected chi connectivity index (χ1v) is 8.39. The van der Waals surface area contributed by atoms with Gasteiger partial charge in [0.1, 0.15) is 5.69 Å². The van der Waals surface area contributed by atoms with E-state index in [1.54, 1.807) is 6.20 Å². The number of pyridine rings is 1. The first kappa shape index (κ1) is 16.7. The Morgan fingerprint density at radius 3 is 3.09 bits per heavy atom. The maximum absolute atomic E-state index is 12.0. The van der Waals surface area contributed by atoms with Crippen molar-refractivity contribution in [3.05, 3.63) is 24.0 Å². The molecule has 0 radical (unpaired) electrons. The molecule has 0 aliphatic carbocycles. The normalized spacial score (nSPS) is 18.9. The minimum absolute atomic E-state index is 0.0908. The smallest absolute Gasteiger partial charge is 0.269 e. The second kappa shape index (κ2) is 8.73. The summed E-state index contributed by atoms with van der Waals surface area (Å²) in [7, 11) is 2.19. The first-order valence-electron chi connectivity index (χ1n) is 8.39. The summed E-state index contributed by atoms with van der Waals surface area (Å²) in [5.74, 6) is -0.0908. The van der Waals surface area contributed by atoms with Crippen molar-refractivity contribution in [3.63, 3.8) is 0 Å². The van der Waals surface area contributed by atoms with Gasteiger partial charge in [0.2, 0.25) is 0 Å². The van der Waals surface area contributed by atoms with Gasteiger partial charge in [-0.05, 0) is 45.0 Å². The Kier molecular flexibility index (Phi) is 6.65. The lowest BCUT2D eigenvalue weighted by Gasteiger charge is -2.32. The zero-order valence-electron chi connectivity index (χ0n) is 13.8. The summed E-state index contributed by atoms with van der Waals surface area (Å²) < 4.78 is 0. The van der Waals surface area contributed by atoms with Crippen LogP contribution in [0.25, 0.3) is 0 Å². The number of likely N-dealkylation sites (tertiary alicyclic amines) is 1. The molecule has 1 atom stereocenters. The summed E-state index contributed by atoms with van der Waals surface area (Å²) in [5, 5.41) is 6.35. The molecular formula is C17H28N4O. The van der Waals surface area contributed by atoms with E-state index in [2.05, 4.69) is 34.5 Å². The third kappa shape index (κ3) is 4.98. The zero-order chi connectivity index (χ0) is 15.8. The largest absolute Gasteiger partial charge is 0.383 e. The van der Waals surface area contributed by atoms with Gasteiger partial charge in [0.05, 0.1) is 0 Å². The van der Waals surface area contributed by atoms with Gasteiger partial charge >= 0.3 is 0 Å². The second-order valence-corrected chi connectivity index (χ2v) is 6.05. The molecule has 5 nitrogen and oxygen atoms in total. The van der Waals surface area contributed by atoms with E-state index in [0.717, 1.165) is 25.1 Å². The lowest BCUT2D eigenvalue weighted by Crippen LogP contribution is -2.40. The van der Waals surface area contributed by atoms with Crippen molar-refractivity contribution in [2.75, 3.05) is 32.0 Å². The van der Waals surface area contributed by atoms with Crippen molar-refractivity contribution in [2.24, 2.45) is 0 Å². The topological polar surface area (TPSA) is 57.3 Å². The highest BCUT2D eigenvalue weighted by Crippen LogP contribution is 2.16. The van der Waals surface area contributed by atoms with Crippen LogP contribution in [0.1, 0.15) is 49.5 Å². The van der Waals surface area contributed by atoms with Gasteiger partial charge in [-0.2, -0.15) is 0 Å². The molecule has 1 aliphatic rings. The van der Waals surface area contributed by atoms with E-state index in [9.17, 15) is 4.79 Å². The lowest BCUT2D eigenvalue weighted by atomic mass is 10.0. The van der Waals surface area contributed by atoms with Crippen LogP contribution in [0.3, 0.4) is 0 Å². The van der Waals surface area contributed by atoms with Crippen LogP contribution >= 0.6 is 0 Å². The number of carbonyl (C=O) groups excluding carboxylic acids is 1. The predicted molar refractivity (Wildman–Crippen MR) is 90.2 cm³/mol. The number of carbonyl (C=O) groups is 1. The molecule has 0 aromatic carbocycles. The molecule has 0 spiro atoms. The first-order chi connectivity index (χ1) is 10.7. The molecule has 22 heavy (non-hydrogen) atoms. The van der Waals surface area contributed by atoms with Gasteiger partial charge in [0.15, 0.2) is 0 Å². The van der Waals surface area contributed by atoms with Crippen LogP contribution in [0.2, 0.25) is 0 Å². The number of hydrogen-bond donors (Lipinski definition) is 2. The summed E-state index contributed by atoms with van der Waals surface area (Å²) >= 11 is 0. The summed E-state index contributed by atoms with van der Waals surface area (Å²) in [5.41, 5.74) is 1.45. The van der Waals surface area contributed by atoms with Crippen LogP contribution in [0.5, 0.6) is 0 Å². The van der Waals surface area contributed by atoms with E-state index >= 15 is 0 Å². The molecule has 1 saturated heterocycles. The van der Waals surface area contributed by atoms with E-state index in [-0.39, 0.29) is 5.91 Å². The molecule has 0 saturated carbocycles. The molecule has 2 N–H and O–H groups in total. The molecule has 122 valence electrons. The number of nitrogens with one attached hydrogen (secondary N) is 2. The molecule has 0 unspecified atom stereocenters. The Hall–Kier alpha value is -1.62. The van der Waals surface area contributed by atoms with Gasteiger partial charge in [0.25, 0.3) is 5.91 Å². The van der Waals surface area contributed by atoms with Crippen LogP contribution < -0.4 is 10.6 Å². The number of rotatable bonds is 7. The zero-order valence-corrected chi connectivity index (χ0v) is 13.8. The highest BCUT2D eigenvalue weighted by atomic mass is 16.1. The van der Waals surface area contributed by atoms with Gasteiger partial charge in [-0.25, -0.2) is 0 Å². The molecule has 1 fully saturated rings. The molecule has 5 heteroatoms. The maximum Gasteiger partial charge on any atom is 0.269 e. The van der Waals surface area contributed by atoms with E-state index in [4.69, 9.17) is 0 Å². The van der Waals surface area contributed by atoms with Crippen molar-refractivity contribution >= 4 is 11.6 Å². The van der Waals surface area contributed by atoms with Crippen molar-refractivity contribution in [3.8, 4) is 0 Å². The lowest BCUT2D eigenvalue weighted by molar-refractivity contribution is 0.0948. The fraction of sp³-hybridized carbons (Fsp3) is 0.647. The predicted octanol–water partition coefficient (Wildman–Crippen LogP) is 2.51. The van der Waals surface area contributed by atoms with E-state index in [1.165, 1.54) is 25.8 Å². The van der Waals surface area contributed by atoms with Crippen LogP contribution in [0.4, 0.5) is 5.69 Å².